The summed E-state index contributed by atoms with van der Waals surface area (Å²) in [6.07, 6.45) is 6.40. The number of Topliss-reactive ketones (excluding diaryl/α,β-unsaturated/α-hetero) is 1. The lowest BCUT2D eigenvalue weighted by molar-refractivity contribution is -0.117. The number of ketones is 1. The van der Waals surface area contributed by atoms with Crippen LogP contribution in [0, 0.1) is 0 Å². The minimum Gasteiger partial charge on any atom is -0.300 e. The van der Waals surface area contributed by atoms with Crippen molar-refractivity contribution in [3.63, 3.8) is 0 Å². The number of carbonyl (C=O) groups excluding carboxylic acids is 1. The molecule has 110 valence electrons. The third-order valence-electron chi connectivity index (χ3n) is 4.09. The standard InChI is InChI=1S/C19H23NO/c1-15(21)8-6-12-19(17-9-4-3-5-10-17)16(2)18-11-7-13-20-14-18/h3-5,7,9-11,13-14,16,19H,6,8,12H2,1-2H3. The lowest BCUT2D eigenvalue weighted by atomic mass is 9.80. The van der Waals surface area contributed by atoms with Gasteiger partial charge in [0.05, 0.1) is 0 Å². The molecule has 2 rings (SSSR count). The lowest BCUT2D eigenvalue weighted by Crippen LogP contribution is -2.09. The van der Waals surface area contributed by atoms with Gasteiger partial charge in [-0.2, -0.15) is 0 Å². The maximum atomic E-state index is 11.2. The molecule has 0 fully saturated rings. The summed E-state index contributed by atoms with van der Waals surface area (Å²) in [7, 11) is 0. The Hall–Kier alpha value is -1.96. The number of nitrogens with zero attached hydrogens (tertiary/aromatic N) is 1. The molecule has 1 aromatic carbocycles. The molecule has 0 aliphatic carbocycles. The molecule has 0 aliphatic heterocycles. The van der Waals surface area contributed by atoms with Crippen LogP contribution >= 0.6 is 0 Å². The number of hydrogen-bond acceptors (Lipinski definition) is 2. The van der Waals surface area contributed by atoms with E-state index < -0.39 is 0 Å². The highest BCUT2D eigenvalue weighted by Crippen LogP contribution is 2.36. The predicted octanol–water partition coefficient (Wildman–Crippen LogP) is 4.73. The summed E-state index contributed by atoms with van der Waals surface area (Å²) >= 11 is 0. The van der Waals surface area contributed by atoms with Crippen molar-refractivity contribution >= 4 is 5.78 Å². The molecule has 0 amide bonds. The van der Waals surface area contributed by atoms with Gasteiger partial charge in [0, 0.05) is 18.8 Å². The van der Waals surface area contributed by atoms with Crippen molar-refractivity contribution < 1.29 is 4.79 Å². The van der Waals surface area contributed by atoms with Crippen LogP contribution in [-0.2, 0) is 4.79 Å². The van der Waals surface area contributed by atoms with Gasteiger partial charge >= 0.3 is 0 Å². The van der Waals surface area contributed by atoms with Gasteiger partial charge in [0.1, 0.15) is 5.78 Å². The van der Waals surface area contributed by atoms with E-state index in [0.29, 0.717) is 18.3 Å². The second-order valence-electron chi connectivity index (χ2n) is 5.69. The largest absolute Gasteiger partial charge is 0.300 e. The Bertz CT molecular complexity index is 550. The summed E-state index contributed by atoms with van der Waals surface area (Å²) in [4.78, 5) is 15.4. The average molecular weight is 281 g/mol. The molecule has 0 aliphatic rings. The quantitative estimate of drug-likeness (QED) is 0.734. The molecule has 0 radical (unpaired) electrons. The van der Waals surface area contributed by atoms with Crippen molar-refractivity contribution in [1.82, 2.24) is 4.98 Å². The Morgan fingerprint density at radius 2 is 1.81 bits per heavy atom. The lowest BCUT2D eigenvalue weighted by Gasteiger charge is -2.24. The molecule has 1 aromatic heterocycles. The second kappa shape index (κ2) is 7.72. The predicted molar refractivity (Wildman–Crippen MR) is 86.4 cm³/mol. The summed E-state index contributed by atoms with van der Waals surface area (Å²) in [5, 5.41) is 0. The van der Waals surface area contributed by atoms with Gasteiger partial charge in [0.25, 0.3) is 0 Å². The van der Waals surface area contributed by atoms with E-state index in [1.807, 2.05) is 24.5 Å². The van der Waals surface area contributed by atoms with Gasteiger partial charge in [-0.15, -0.1) is 0 Å². The van der Waals surface area contributed by atoms with E-state index in [4.69, 9.17) is 0 Å². The summed E-state index contributed by atoms with van der Waals surface area (Å²) in [5.74, 6) is 1.10. The summed E-state index contributed by atoms with van der Waals surface area (Å²) in [6.45, 7) is 3.92. The van der Waals surface area contributed by atoms with Gasteiger partial charge in [0.2, 0.25) is 0 Å². The third-order valence-corrected chi connectivity index (χ3v) is 4.09. The van der Waals surface area contributed by atoms with E-state index >= 15 is 0 Å². The Morgan fingerprint density at radius 1 is 1.10 bits per heavy atom. The second-order valence-corrected chi connectivity index (χ2v) is 5.69. The molecule has 0 saturated heterocycles. The van der Waals surface area contributed by atoms with Gasteiger partial charge < -0.3 is 4.79 Å². The van der Waals surface area contributed by atoms with Gasteiger partial charge in [-0.3, -0.25) is 4.98 Å². The normalized spacial score (nSPS) is 13.6. The summed E-state index contributed by atoms with van der Waals surface area (Å²) in [6, 6.07) is 14.7. The Kier molecular flexibility index (Phi) is 5.68. The molecule has 0 spiro atoms. The van der Waals surface area contributed by atoms with Gasteiger partial charge in [-0.05, 0) is 48.8 Å². The SMILES string of the molecule is CC(=O)CCCC(c1ccccc1)C(C)c1cccnc1. The average Bonchev–Trinajstić information content (AvgIpc) is 2.52. The molecule has 2 unspecified atom stereocenters. The fourth-order valence-electron chi connectivity index (χ4n) is 2.85. The van der Waals surface area contributed by atoms with E-state index in [1.54, 1.807) is 6.92 Å². The van der Waals surface area contributed by atoms with Crippen molar-refractivity contribution in [2.24, 2.45) is 0 Å². The van der Waals surface area contributed by atoms with Crippen LogP contribution in [0.15, 0.2) is 54.9 Å². The molecule has 2 atom stereocenters. The Labute approximate surface area is 127 Å². The highest BCUT2D eigenvalue weighted by molar-refractivity contribution is 5.75. The van der Waals surface area contributed by atoms with Crippen molar-refractivity contribution in [3.8, 4) is 0 Å². The zero-order valence-corrected chi connectivity index (χ0v) is 12.8. The van der Waals surface area contributed by atoms with Crippen molar-refractivity contribution in [2.45, 2.75) is 44.9 Å². The van der Waals surface area contributed by atoms with Gasteiger partial charge in [-0.1, -0.05) is 43.3 Å². The monoisotopic (exact) mass is 281 g/mol. The maximum Gasteiger partial charge on any atom is 0.129 e. The first kappa shape index (κ1) is 15.4. The number of hydrogen-bond donors (Lipinski definition) is 0. The summed E-state index contributed by atoms with van der Waals surface area (Å²) in [5.41, 5.74) is 2.60. The first-order valence-corrected chi connectivity index (χ1v) is 7.63. The molecule has 2 heteroatoms. The van der Waals surface area contributed by atoms with Crippen LogP contribution in [0.2, 0.25) is 0 Å². The zero-order chi connectivity index (χ0) is 15.1. The number of aromatic nitrogens is 1. The van der Waals surface area contributed by atoms with Gasteiger partial charge in [-0.25, -0.2) is 0 Å². The van der Waals surface area contributed by atoms with Crippen molar-refractivity contribution in [3.05, 3.63) is 66.0 Å². The number of pyridine rings is 1. The minimum absolute atomic E-state index is 0.274. The molecule has 2 aromatic rings. The van der Waals surface area contributed by atoms with Crippen molar-refractivity contribution in [1.29, 1.82) is 0 Å². The summed E-state index contributed by atoms with van der Waals surface area (Å²) < 4.78 is 0. The maximum absolute atomic E-state index is 11.2. The molecule has 21 heavy (non-hydrogen) atoms. The fourth-order valence-corrected chi connectivity index (χ4v) is 2.85. The van der Waals surface area contributed by atoms with Crippen LogP contribution in [0.5, 0.6) is 0 Å². The molecule has 2 nitrogen and oxygen atoms in total. The first-order chi connectivity index (χ1) is 10.2. The van der Waals surface area contributed by atoms with E-state index in [0.717, 1.165) is 12.8 Å². The van der Waals surface area contributed by atoms with Crippen LogP contribution in [0.25, 0.3) is 0 Å². The van der Waals surface area contributed by atoms with E-state index in [9.17, 15) is 4.79 Å². The smallest absolute Gasteiger partial charge is 0.129 e. The molecule has 0 bridgehead atoms. The molecule has 1 heterocycles. The third kappa shape index (κ3) is 4.52. The van der Waals surface area contributed by atoms with E-state index in [2.05, 4.69) is 42.2 Å². The molecular weight excluding hydrogens is 258 g/mol. The number of rotatable bonds is 7. The Balaban J connectivity index is 2.17. The zero-order valence-electron chi connectivity index (χ0n) is 12.8. The number of benzene rings is 1. The van der Waals surface area contributed by atoms with Crippen LogP contribution in [0.1, 0.15) is 56.1 Å². The highest BCUT2D eigenvalue weighted by atomic mass is 16.1. The van der Waals surface area contributed by atoms with Crippen LogP contribution in [-0.4, -0.2) is 10.8 Å². The van der Waals surface area contributed by atoms with Crippen LogP contribution in [0.3, 0.4) is 0 Å². The minimum atomic E-state index is 0.274. The van der Waals surface area contributed by atoms with E-state index in [-0.39, 0.29) is 5.78 Å². The van der Waals surface area contributed by atoms with E-state index in [1.165, 1.54) is 11.1 Å². The first-order valence-electron chi connectivity index (χ1n) is 7.63. The molecular formula is C19H23NO. The van der Waals surface area contributed by atoms with Crippen molar-refractivity contribution in [2.75, 3.05) is 0 Å². The van der Waals surface area contributed by atoms with Gasteiger partial charge in [0.15, 0.2) is 0 Å². The fraction of sp³-hybridized carbons (Fsp3) is 0.368. The molecule has 0 saturated carbocycles. The number of carbonyl (C=O) groups is 1. The molecule has 0 N–H and O–H groups in total. The highest BCUT2D eigenvalue weighted by Gasteiger charge is 2.20. The van der Waals surface area contributed by atoms with Crippen LogP contribution < -0.4 is 0 Å². The Morgan fingerprint density at radius 3 is 2.43 bits per heavy atom. The van der Waals surface area contributed by atoms with Crippen LogP contribution in [0.4, 0.5) is 0 Å². The topological polar surface area (TPSA) is 30.0 Å².